The predicted octanol–water partition coefficient (Wildman–Crippen LogP) is 4.09. The van der Waals surface area contributed by atoms with Crippen molar-refractivity contribution in [1.29, 1.82) is 5.26 Å². The Morgan fingerprint density at radius 3 is 2.17 bits per heavy atom. The van der Waals surface area contributed by atoms with Gasteiger partial charge in [-0.2, -0.15) is 5.26 Å². The van der Waals surface area contributed by atoms with Gasteiger partial charge in [-0.3, -0.25) is 0 Å². The molecule has 1 aromatic heterocycles. The van der Waals surface area contributed by atoms with Gasteiger partial charge in [-0.15, -0.1) is 0 Å². The van der Waals surface area contributed by atoms with Crippen molar-refractivity contribution in [1.82, 2.24) is 4.57 Å². The zero-order valence-corrected chi connectivity index (χ0v) is 11.4. The first kappa shape index (κ1) is 12.4. The van der Waals surface area contributed by atoms with Crippen LogP contribution >= 0.6 is 0 Å². The quantitative estimate of drug-likeness (QED) is 0.774. The van der Waals surface area contributed by atoms with Crippen molar-refractivity contribution in [3.05, 3.63) is 52.8 Å². The number of aryl methyl sites for hydroxylation is 1. The zero-order valence-electron chi connectivity index (χ0n) is 11.4. The van der Waals surface area contributed by atoms with Crippen LogP contribution in [0.15, 0.2) is 30.3 Å². The lowest BCUT2D eigenvalue weighted by molar-refractivity contribution is 0.863. The molecule has 0 bridgehead atoms. The Hall–Kier alpha value is -2.01. The van der Waals surface area contributed by atoms with Gasteiger partial charge in [-0.25, -0.2) is 0 Å². The molecule has 0 spiro atoms. The van der Waals surface area contributed by atoms with Gasteiger partial charge >= 0.3 is 0 Å². The summed E-state index contributed by atoms with van der Waals surface area (Å²) in [6.07, 6.45) is 0. The van der Waals surface area contributed by atoms with E-state index in [1.54, 1.807) is 0 Å². The van der Waals surface area contributed by atoms with E-state index in [1.165, 1.54) is 5.56 Å². The fraction of sp³-hybridized carbons (Fsp3) is 0.312. The smallest absolute Gasteiger partial charge is 0.101 e. The molecule has 0 amide bonds. The molecule has 0 saturated carbocycles. The van der Waals surface area contributed by atoms with Crippen LogP contribution in [0.25, 0.3) is 5.69 Å². The van der Waals surface area contributed by atoms with Gasteiger partial charge in [0.05, 0.1) is 5.56 Å². The molecule has 0 saturated heterocycles. The van der Waals surface area contributed by atoms with Gasteiger partial charge in [0, 0.05) is 17.1 Å². The van der Waals surface area contributed by atoms with Crippen LogP contribution in [0.4, 0.5) is 0 Å². The summed E-state index contributed by atoms with van der Waals surface area (Å²) in [5.41, 5.74) is 5.31. The van der Waals surface area contributed by atoms with Crippen molar-refractivity contribution in [3.8, 4) is 11.8 Å². The lowest BCUT2D eigenvalue weighted by Crippen LogP contribution is -1.99. The molecule has 0 atom stereocenters. The van der Waals surface area contributed by atoms with Gasteiger partial charge in [0.2, 0.25) is 0 Å². The van der Waals surface area contributed by atoms with Crippen LogP contribution in [0.1, 0.15) is 42.3 Å². The van der Waals surface area contributed by atoms with Crippen LogP contribution in [-0.4, -0.2) is 4.57 Å². The Kier molecular flexibility index (Phi) is 3.25. The number of benzene rings is 1. The molecule has 2 heteroatoms. The third-order valence-electron chi connectivity index (χ3n) is 3.37. The zero-order chi connectivity index (χ0) is 13.3. The molecule has 0 radical (unpaired) electrons. The number of hydrogen-bond donors (Lipinski definition) is 0. The van der Waals surface area contributed by atoms with Gasteiger partial charge in [0.25, 0.3) is 0 Å². The highest BCUT2D eigenvalue weighted by Crippen LogP contribution is 2.22. The highest BCUT2D eigenvalue weighted by molar-refractivity contribution is 5.46. The van der Waals surface area contributed by atoms with Gasteiger partial charge in [0.1, 0.15) is 6.07 Å². The van der Waals surface area contributed by atoms with Gasteiger partial charge in [-0.1, -0.05) is 26.0 Å². The summed E-state index contributed by atoms with van der Waals surface area (Å²) in [6.45, 7) is 8.40. The third kappa shape index (κ3) is 2.04. The molecule has 0 unspecified atom stereocenters. The van der Waals surface area contributed by atoms with E-state index < -0.39 is 0 Å². The largest absolute Gasteiger partial charge is 0.317 e. The van der Waals surface area contributed by atoms with Gasteiger partial charge < -0.3 is 4.57 Å². The molecule has 2 nitrogen and oxygen atoms in total. The summed E-state index contributed by atoms with van der Waals surface area (Å²) in [6, 6.07) is 12.7. The van der Waals surface area contributed by atoms with Crippen molar-refractivity contribution in [2.24, 2.45) is 0 Å². The average molecular weight is 238 g/mol. The number of nitriles is 1. The molecule has 0 aliphatic heterocycles. The molecule has 1 aromatic carbocycles. The van der Waals surface area contributed by atoms with Crippen LogP contribution in [0.3, 0.4) is 0 Å². The number of hydrogen-bond acceptors (Lipinski definition) is 1. The van der Waals surface area contributed by atoms with E-state index in [0.717, 1.165) is 22.6 Å². The monoisotopic (exact) mass is 238 g/mol. The Morgan fingerprint density at radius 2 is 1.72 bits per heavy atom. The summed E-state index contributed by atoms with van der Waals surface area (Å²) >= 11 is 0. The standard InChI is InChI=1S/C16H18N2/c1-11(2)14-5-7-16(8-6-14)18-12(3)9-15(10-17)13(18)4/h5-9,11H,1-4H3. The Morgan fingerprint density at radius 1 is 1.11 bits per heavy atom. The lowest BCUT2D eigenvalue weighted by atomic mass is 10.0. The molecular weight excluding hydrogens is 220 g/mol. The van der Waals surface area contributed by atoms with Crippen molar-refractivity contribution in [2.45, 2.75) is 33.6 Å². The highest BCUT2D eigenvalue weighted by Gasteiger charge is 2.10. The molecule has 2 rings (SSSR count). The summed E-state index contributed by atoms with van der Waals surface area (Å²) in [5, 5.41) is 9.06. The van der Waals surface area contributed by atoms with Crippen molar-refractivity contribution in [3.63, 3.8) is 0 Å². The third-order valence-corrected chi connectivity index (χ3v) is 3.37. The summed E-state index contributed by atoms with van der Waals surface area (Å²) < 4.78 is 2.13. The average Bonchev–Trinajstić information content (AvgIpc) is 2.64. The first-order valence-corrected chi connectivity index (χ1v) is 6.24. The Labute approximate surface area is 108 Å². The molecule has 0 aliphatic carbocycles. The van der Waals surface area contributed by atoms with Crippen molar-refractivity contribution < 1.29 is 0 Å². The maximum absolute atomic E-state index is 9.06. The number of aromatic nitrogens is 1. The maximum Gasteiger partial charge on any atom is 0.101 e. The van der Waals surface area contributed by atoms with Crippen LogP contribution in [0.5, 0.6) is 0 Å². The first-order valence-electron chi connectivity index (χ1n) is 6.24. The molecular formula is C16H18N2. The fourth-order valence-corrected chi connectivity index (χ4v) is 2.28. The molecule has 0 fully saturated rings. The Balaban J connectivity index is 2.50. The van der Waals surface area contributed by atoms with Crippen LogP contribution < -0.4 is 0 Å². The number of nitrogens with zero attached hydrogens (tertiary/aromatic N) is 2. The number of rotatable bonds is 2. The van der Waals surface area contributed by atoms with E-state index in [2.05, 4.69) is 48.7 Å². The maximum atomic E-state index is 9.06. The van der Waals surface area contributed by atoms with E-state index in [4.69, 9.17) is 5.26 Å². The molecule has 1 heterocycles. The van der Waals surface area contributed by atoms with Gasteiger partial charge in [-0.05, 0) is 43.5 Å². The lowest BCUT2D eigenvalue weighted by Gasteiger charge is -2.11. The minimum absolute atomic E-state index is 0.542. The van der Waals surface area contributed by atoms with Crippen LogP contribution in [0, 0.1) is 25.2 Å². The van der Waals surface area contributed by atoms with E-state index >= 15 is 0 Å². The topological polar surface area (TPSA) is 28.7 Å². The van der Waals surface area contributed by atoms with E-state index in [0.29, 0.717) is 5.92 Å². The first-order chi connectivity index (χ1) is 8.54. The normalized spacial score (nSPS) is 10.7. The molecule has 92 valence electrons. The minimum atomic E-state index is 0.542. The van der Waals surface area contributed by atoms with Crippen LogP contribution in [-0.2, 0) is 0 Å². The second-order valence-electron chi connectivity index (χ2n) is 4.98. The minimum Gasteiger partial charge on any atom is -0.317 e. The highest BCUT2D eigenvalue weighted by atomic mass is 15.0. The van der Waals surface area contributed by atoms with Crippen molar-refractivity contribution in [2.75, 3.05) is 0 Å². The molecule has 0 aliphatic rings. The summed E-state index contributed by atoms with van der Waals surface area (Å²) in [5.74, 6) is 0.542. The molecule has 2 aromatic rings. The van der Waals surface area contributed by atoms with E-state index in [1.807, 2.05) is 19.9 Å². The molecule has 0 N–H and O–H groups in total. The Bertz CT molecular complexity index is 595. The van der Waals surface area contributed by atoms with Crippen molar-refractivity contribution >= 4 is 0 Å². The summed E-state index contributed by atoms with van der Waals surface area (Å²) in [7, 11) is 0. The van der Waals surface area contributed by atoms with E-state index in [-0.39, 0.29) is 0 Å². The molecule has 18 heavy (non-hydrogen) atoms. The second kappa shape index (κ2) is 4.70. The summed E-state index contributed by atoms with van der Waals surface area (Å²) in [4.78, 5) is 0. The second-order valence-corrected chi connectivity index (χ2v) is 4.98. The SMILES string of the molecule is Cc1cc(C#N)c(C)n1-c1ccc(C(C)C)cc1. The van der Waals surface area contributed by atoms with Gasteiger partial charge in [0.15, 0.2) is 0 Å². The van der Waals surface area contributed by atoms with Crippen LogP contribution in [0.2, 0.25) is 0 Å². The predicted molar refractivity (Wildman–Crippen MR) is 74.0 cm³/mol. The fourth-order valence-electron chi connectivity index (χ4n) is 2.28. The van der Waals surface area contributed by atoms with E-state index in [9.17, 15) is 0 Å².